The number of amides is 1. The van der Waals surface area contributed by atoms with Crippen LogP contribution in [0, 0.1) is 6.92 Å². The van der Waals surface area contributed by atoms with Crippen molar-refractivity contribution in [3.05, 3.63) is 81.4 Å². The van der Waals surface area contributed by atoms with Crippen molar-refractivity contribution in [3.63, 3.8) is 0 Å². The molecule has 46 heavy (non-hydrogen) atoms. The van der Waals surface area contributed by atoms with Crippen LogP contribution in [0.2, 0.25) is 0 Å². The fourth-order valence-corrected chi connectivity index (χ4v) is 5.76. The number of pyridine rings is 1. The molecular weight excluding hydrogens is 601 g/mol. The molecule has 5 aromatic rings. The summed E-state index contributed by atoms with van der Waals surface area (Å²) in [4.78, 5) is 48.9. The summed E-state index contributed by atoms with van der Waals surface area (Å²) in [6, 6.07) is 6.82. The van der Waals surface area contributed by atoms with Gasteiger partial charge in [-0.15, -0.1) is 0 Å². The number of nitrogens with one attached hydrogen (secondary N) is 1. The van der Waals surface area contributed by atoms with E-state index in [1.54, 1.807) is 42.0 Å². The van der Waals surface area contributed by atoms with E-state index in [0.29, 0.717) is 39.2 Å². The minimum Gasteiger partial charge on any atom is -0.480 e. The van der Waals surface area contributed by atoms with E-state index in [2.05, 4.69) is 25.3 Å². The molecule has 2 saturated carbocycles. The zero-order valence-corrected chi connectivity index (χ0v) is 25.2. The van der Waals surface area contributed by atoms with E-state index >= 15 is 0 Å². The van der Waals surface area contributed by atoms with Crippen molar-refractivity contribution in [2.75, 3.05) is 14.2 Å². The summed E-state index contributed by atoms with van der Waals surface area (Å²) >= 11 is 0. The summed E-state index contributed by atoms with van der Waals surface area (Å²) in [6.45, 7) is 1.70. The molecule has 2 aliphatic rings. The number of aromatic nitrogens is 7. The van der Waals surface area contributed by atoms with Gasteiger partial charge >= 0.3 is 6.18 Å². The number of carbonyl (C=O) groups is 1. The third-order valence-corrected chi connectivity index (χ3v) is 8.46. The van der Waals surface area contributed by atoms with E-state index in [4.69, 9.17) is 9.72 Å². The number of ether oxygens (including phenoxy) is 1. The Morgan fingerprint density at radius 3 is 2.43 bits per heavy atom. The van der Waals surface area contributed by atoms with E-state index < -0.39 is 23.3 Å². The van der Waals surface area contributed by atoms with Crippen LogP contribution in [0.4, 0.5) is 13.2 Å². The zero-order valence-electron chi connectivity index (χ0n) is 25.2. The number of rotatable bonds is 8. The molecule has 4 heterocycles. The molecular formula is C32H29F3N8O3. The number of imidazole rings is 1. The maximum absolute atomic E-state index is 13.9. The SMILES string of the molecule is CNC(=O)c1c(C)c2cnc(-c3c(OC)ncnc3C3CC3)nc2n(Cc2ccc(-c3nc(C(F)(F)F)cn3C3CC3)cc2)c1=O. The molecule has 0 saturated heterocycles. The Labute approximate surface area is 260 Å². The van der Waals surface area contributed by atoms with Gasteiger partial charge in [0.15, 0.2) is 11.5 Å². The quantitative estimate of drug-likeness (QED) is 0.252. The molecule has 1 aromatic carbocycles. The van der Waals surface area contributed by atoms with Gasteiger partial charge in [-0.25, -0.2) is 24.9 Å². The van der Waals surface area contributed by atoms with Crippen molar-refractivity contribution >= 4 is 16.9 Å². The average Bonchev–Trinajstić information content (AvgIpc) is 4.00. The molecule has 7 rings (SSSR count). The van der Waals surface area contributed by atoms with Gasteiger partial charge in [-0.05, 0) is 43.7 Å². The van der Waals surface area contributed by atoms with Gasteiger partial charge in [-0.3, -0.25) is 14.2 Å². The van der Waals surface area contributed by atoms with E-state index in [1.807, 2.05) is 0 Å². The fourth-order valence-electron chi connectivity index (χ4n) is 5.76. The van der Waals surface area contributed by atoms with E-state index in [-0.39, 0.29) is 35.7 Å². The minimum absolute atomic E-state index is 0.0122. The number of fused-ring (bicyclic) bond motifs is 1. The lowest BCUT2D eigenvalue weighted by Crippen LogP contribution is -2.33. The molecule has 2 aliphatic carbocycles. The maximum atomic E-state index is 13.9. The van der Waals surface area contributed by atoms with Gasteiger partial charge < -0.3 is 14.6 Å². The molecule has 1 N–H and O–H groups in total. The standard InChI is InChI=1S/C32H29F3N8O3/c1-16-21-12-37-26(24-25(18-8-9-18)38-15-39-30(24)46-3)41-28(21)43(31(45)23(16)29(44)36-2)13-17-4-6-19(7-5-17)27-40-22(32(33,34)35)14-42(27)20-10-11-20/h4-7,12,14-15,18,20H,8-11,13H2,1-3H3,(H,36,44). The van der Waals surface area contributed by atoms with Crippen LogP contribution in [0.5, 0.6) is 5.88 Å². The molecule has 14 heteroatoms. The van der Waals surface area contributed by atoms with Crippen LogP contribution in [0.3, 0.4) is 0 Å². The second-order valence-corrected chi connectivity index (χ2v) is 11.6. The Morgan fingerprint density at radius 1 is 1.07 bits per heavy atom. The first-order valence-corrected chi connectivity index (χ1v) is 14.9. The monoisotopic (exact) mass is 630 g/mol. The largest absolute Gasteiger partial charge is 0.480 e. The van der Waals surface area contributed by atoms with E-state index in [1.165, 1.54) is 25.1 Å². The number of hydrogen-bond acceptors (Lipinski definition) is 8. The van der Waals surface area contributed by atoms with Gasteiger partial charge in [0.25, 0.3) is 11.5 Å². The lowest BCUT2D eigenvalue weighted by molar-refractivity contribution is -0.140. The highest BCUT2D eigenvalue weighted by molar-refractivity contribution is 5.99. The second kappa shape index (κ2) is 11.0. The lowest BCUT2D eigenvalue weighted by atomic mass is 10.1. The Kier molecular flexibility index (Phi) is 7.09. The zero-order chi connectivity index (χ0) is 32.3. The number of halogens is 3. The van der Waals surface area contributed by atoms with Gasteiger partial charge in [0.2, 0.25) is 5.88 Å². The molecule has 0 radical (unpaired) electrons. The Hall–Kier alpha value is -5.14. The Bertz CT molecular complexity index is 2060. The predicted molar refractivity (Wildman–Crippen MR) is 162 cm³/mol. The van der Waals surface area contributed by atoms with Crippen LogP contribution < -0.4 is 15.6 Å². The van der Waals surface area contributed by atoms with Crippen molar-refractivity contribution < 1.29 is 22.7 Å². The van der Waals surface area contributed by atoms with Gasteiger partial charge in [0, 0.05) is 42.4 Å². The van der Waals surface area contributed by atoms with Crippen LogP contribution >= 0.6 is 0 Å². The highest BCUT2D eigenvalue weighted by Crippen LogP contribution is 2.45. The average molecular weight is 631 g/mol. The lowest BCUT2D eigenvalue weighted by Gasteiger charge is -2.17. The molecule has 0 bridgehead atoms. The number of aryl methyl sites for hydroxylation is 1. The molecule has 0 unspecified atom stereocenters. The maximum Gasteiger partial charge on any atom is 0.434 e. The number of benzene rings is 1. The van der Waals surface area contributed by atoms with Gasteiger partial charge in [-0.1, -0.05) is 24.3 Å². The summed E-state index contributed by atoms with van der Waals surface area (Å²) in [6.07, 6.45) is 3.06. The fraction of sp³-hybridized carbons (Fsp3) is 0.344. The predicted octanol–water partition coefficient (Wildman–Crippen LogP) is 5.07. The van der Waals surface area contributed by atoms with E-state index in [0.717, 1.165) is 37.6 Å². The summed E-state index contributed by atoms with van der Waals surface area (Å²) in [5.74, 6) is 0.530. The molecule has 2 fully saturated rings. The van der Waals surface area contributed by atoms with Crippen LogP contribution in [-0.2, 0) is 12.7 Å². The van der Waals surface area contributed by atoms with Gasteiger partial charge in [-0.2, -0.15) is 13.2 Å². The second-order valence-electron chi connectivity index (χ2n) is 11.6. The summed E-state index contributed by atoms with van der Waals surface area (Å²) in [5, 5.41) is 3.05. The van der Waals surface area contributed by atoms with Crippen molar-refractivity contribution in [2.45, 2.75) is 57.3 Å². The Morgan fingerprint density at radius 2 is 1.80 bits per heavy atom. The Balaban J connectivity index is 1.34. The molecule has 11 nitrogen and oxygen atoms in total. The highest BCUT2D eigenvalue weighted by Gasteiger charge is 2.37. The molecule has 0 aliphatic heterocycles. The summed E-state index contributed by atoms with van der Waals surface area (Å²) < 4.78 is 49.0. The van der Waals surface area contributed by atoms with Crippen molar-refractivity contribution in [1.82, 2.24) is 39.4 Å². The topological polar surface area (TPSA) is 130 Å². The summed E-state index contributed by atoms with van der Waals surface area (Å²) in [7, 11) is 2.95. The number of alkyl halides is 3. The number of methoxy groups -OCH3 is 1. The first-order chi connectivity index (χ1) is 22.1. The normalized spacial score (nSPS) is 14.9. The smallest absolute Gasteiger partial charge is 0.434 e. The van der Waals surface area contributed by atoms with Gasteiger partial charge in [0.1, 0.15) is 28.9 Å². The summed E-state index contributed by atoms with van der Waals surface area (Å²) in [5.41, 5.74) is 1.73. The third-order valence-electron chi connectivity index (χ3n) is 8.46. The molecule has 236 valence electrons. The van der Waals surface area contributed by atoms with Crippen molar-refractivity contribution in [1.29, 1.82) is 0 Å². The minimum atomic E-state index is -4.55. The number of carbonyl (C=O) groups excluding carboxylic acids is 1. The van der Waals surface area contributed by atoms with Crippen LogP contribution in [-0.4, -0.2) is 54.1 Å². The van der Waals surface area contributed by atoms with Crippen LogP contribution in [0.1, 0.15) is 70.5 Å². The molecule has 0 spiro atoms. The first-order valence-electron chi connectivity index (χ1n) is 14.9. The number of nitrogens with zero attached hydrogens (tertiary/aromatic N) is 7. The highest BCUT2D eigenvalue weighted by atomic mass is 19.4. The number of hydrogen-bond donors (Lipinski definition) is 1. The van der Waals surface area contributed by atoms with Crippen LogP contribution in [0.25, 0.3) is 33.8 Å². The molecule has 4 aromatic heterocycles. The molecule has 1 amide bonds. The van der Waals surface area contributed by atoms with Crippen molar-refractivity contribution in [3.8, 4) is 28.7 Å². The molecule has 0 atom stereocenters. The van der Waals surface area contributed by atoms with Crippen LogP contribution in [0.15, 0.2) is 47.8 Å². The first kappa shape index (κ1) is 29.6. The van der Waals surface area contributed by atoms with Crippen molar-refractivity contribution in [2.24, 2.45) is 0 Å². The third kappa shape index (κ3) is 5.16. The van der Waals surface area contributed by atoms with Gasteiger partial charge in [0.05, 0.1) is 19.3 Å². The van der Waals surface area contributed by atoms with E-state index in [9.17, 15) is 22.8 Å².